The molecule has 0 radical (unpaired) electrons. The average molecular weight is 441 g/mol. The van der Waals surface area contributed by atoms with Gasteiger partial charge in [0.25, 0.3) is 0 Å². The molecular weight excluding hydrogens is 420 g/mol. The number of hydrogen-bond acceptors (Lipinski definition) is 4. The summed E-state index contributed by atoms with van der Waals surface area (Å²) in [6.45, 7) is 0. The van der Waals surface area contributed by atoms with E-state index in [-0.39, 0.29) is 4.90 Å². The normalized spacial score (nSPS) is 11.5. The molecule has 7 heteroatoms. The fraction of sp³-hybridized carbons (Fsp3) is 0. The quantitative estimate of drug-likeness (QED) is 0.399. The molecule has 1 aromatic heterocycles. The van der Waals surface area contributed by atoms with Crippen molar-refractivity contribution in [3.63, 3.8) is 0 Å². The van der Waals surface area contributed by atoms with Crippen molar-refractivity contribution in [2.24, 2.45) is 5.14 Å². The highest BCUT2D eigenvalue weighted by molar-refractivity contribution is 7.89. The lowest BCUT2D eigenvalue weighted by atomic mass is 10.2. The summed E-state index contributed by atoms with van der Waals surface area (Å²) in [6, 6.07) is 32.4. The first kappa shape index (κ1) is 20.0. The molecule has 158 valence electrons. The highest BCUT2D eigenvalue weighted by atomic mass is 32.2. The van der Waals surface area contributed by atoms with Crippen LogP contribution in [0.15, 0.2) is 108 Å². The molecule has 1 heterocycles. The third kappa shape index (κ3) is 3.87. The van der Waals surface area contributed by atoms with E-state index in [1.54, 1.807) is 12.1 Å². The topological polar surface area (TPSA) is 90.0 Å². The van der Waals surface area contributed by atoms with Crippen LogP contribution in [0.1, 0.15) is 0 Å². The van der Waals surface area contributed by atoms with Crippen molar-refractivity contribution in [1.82, 2.24) is 9.55 Å². The van der Waals surface area contributed by atoms with E-state index in [0.29, 0.717) is 0 Å². The molecule has 0 aliphatic carbocycles. The van der Waals surface area contributed by atoms with Gasteiger partial charge < -0.3 is 5.32 Å². The number of benzene rings is 4. The number of imidazole rings is 1. The molecule has 5 aromatic rings. The number of nitrogens with zero attached hydrogens (tertiary/aromatic N) is 2. The molecule has 0 aliphatic heterocycles. The lowest BCUT2D eigenvalue weighted by Gasteiger charge is -2.12. The van der Waals surface area contributed by atoms with E-state index in [1.165, 1.54) is 12.1 Å². The van der Waals surface area contributed by atoms with Gasteiger partial charge in [0.2, 0.25) is 10.0 Å². The number of nitrogens with two attached hydrogens (primary N) is 1. The van der Waals surface area contributed by atoms with Gasteiger partial charge in [-0.15, -0.1) is 0 Å². The maximum atomic E-state index is 11.6. The van der Waals surface area contributed by atoms with Gasteiger partial charge in [0, 0.05) is 22.6 Å². The van der Waals surface area contributed by atoms with Crippen molar-refractivity contribution in [3.05, 3.63) is 103 Å². The first-order valence-electron chi connectivity index (χ1n) is 10.0. The molecule has 0 amide bonds. The molecule has 4 aromatic carbocycles. The Morgan fingerprint density at radius 2 is 1.34 bits per heavy atom. The Bertz CT molecular complexity index is 1490. The Morgan fingerprint density at radius 1 is 0.719 bits per heavy atom. The molecule has 0 saturated carbocycles. The predicted octanol–water partition coefficient (Wildman–Crippen LogP) is 5.08. The Morgan fingerprint density at radius 3 is 2.03 bits per heavy atom. The third-order valence-corrected chi connectivity index (χ3v) is 6.12. The Kier molecular flexibility index (Phi) is 4.97. The van der Waals surface area contributed by atoms with Gasteiger partial charge in [-0.2, -0.15) is 0 Å². The summed E-state index contributed by atoms with van der Waals surface area (Å²) >= 11 is 0. The largest absolute Gasteiger partial charge is 0.356 e. The fourth-order valence-electron chi connectivity index (χ4n) is 3.66. The van der Waals surface area contributed by atoms with Crippen LogP contribution in [-0.2, 0) is 10.0 Å². The van der Waals surface area contributed by atoms with Crippen molar-refractivity contribution in [1.29, 1.82) is 0 Å². The fourth-order valence-corrected chi connectivity index (χ4v) is 4.17. The molecule has 6 nitrogen and oxygen atoms in total. The summed E-state index contributed by atoms with van der Waals surface area (Å²) in [5.41, 5.74) is 5.54. The van der Waals surface area contributed by atoms with E-state index in [4.69, 9.17) is 10.1 Å². The van der Waals surface area contributed by atoms with E-state index in [1.807, 2.05) is 78.9 Å². The number of fused-ring (bicyclic) bond motifs is 1. The Labute approximate surface area is 186 Å². The van der Waals surface area contributed by atoms with E-state index >= 15 is 0 Å². The maximum Gasteiger partial charge on any atom is 0.238 e. The van der Waals surface area contributed by atoms with Crippen LogP contribution in [0.2, 0.25) is 0 Å². The molecule has 0 fully saturated rings. The van der Waals surface area contributed by atoms with Crippen molar-refractivity contribution in [3.8, 4) is 17.1 Å². The van der Waals surface area contributed by atoms with Crippen molar-refractivity contribution in [2.45, 2.75) is 4.90 Å². The SMILES string of the molecule is NS(=O)(=O)c1ccc(-c2nc3ccccc3n2-c2ccc(Nc3ccccc3)cc2)cc1. The van der Waals surface area contributed by atoms with Gasteiger partial charge >= 0.3 is 0 Å². The first-order valence-corrected chi connectivity index (χ1v) is 11.6. The highest BCUT2D eigenvalue weighted by Crippen LogP contribution is 2.30. The minimum absolute atomic E-state index is 0.0697. The molecular formula is C25H20N4O2S. The molecule has 0 bridgehead atoms. The van der Waals surface area contributed by atoms with E-state index < -0.39 is 10.0 Å². The Hall–Kier alpha value is -3.94. The van der Waals surface area contributed by atoms with Gasteiger partial charge in [-0.05, 0) is 72.8 Å². The van der Waals surface area contributed by atoms with E-state index in [2.05, 4.69) is 9.88 Å². The van der Waals surface area contributed by atoms with E-state index in [0.717, 1.165) is 39.5 Å². The highest BCUT2D eigenvalue weighted by Gasteiger charge is 2.15. The van der Waals surface area contributed by atoms with Gasteiger partial charge in [0.05, 0.1) is 15.9 Å². The van der Waals surface area contributed by atoms with Gasteiger partial charge in [-0.25, -0.2) is 18.5 Å². The lowest BCUT2D eigenvalue weighted by Crippen LogP contribution is -2.11. The molecule has 0 atom stereocenters. The number of aromatic nitrogens is 2. The zero-order chi connectivity index (χ0) is 22.1. The molecule has 0 aliphatic rings. The molecule has 0 saturated heterocycles. The van der Waals surface area contributed by atoms with Gasteiger partial charge in [-0.1, -0.05) is 30.3 Å². The van der Waals surface area contributed by atoms with Crippen LogP contribution in [0, 0.1) is 0 Å². The van der Waals surface area contributed by atoms with Crippen LogP contribution in [-0.4, -0.2) is 18.0 Å². The summed E-state index contributed by atoms with van der Waals surface area (Å²) in [4.78, 5) is 4.88. The molecule has 32 heavy (non-hydrogen) atoms. The Balaban J connectivity index is 1.58. The number of nitrogens with one attached hydrogen (secondary N) is 1. The second-order valence-corrected chi connectivity index (χ2v) is 8.93. The lowest BCUT2D eigenvalue weighted by molar-refractivity contribution is 0.598. The number of anilines is 2. The second kappa shape index (κ2) is 7.96. The van der Waals surface area contributed by atoms with Crippen LogP contribution in [0.5, 0.6) is 0 Å². The number of hydrogen-bond donors (Lipinski definition) is 2. The van der Waals surface area contributed by atoms with Crippen molar-refractivity contribution >= 4 is 32.4 Å². The van der Waals surface area contributed by atoms with Crippen molar-refractivity contribution < 1.29 is 8.42 Å². The van der Waals surface area contributed by atoms with Crippen molar-refractivity contribution in [2.75, 3.05) is 5.32 Å². The number of rotatable bonds is 5. The monoisotopic (exact) mass is 440 g/mol. The molecule has 0 spiro atoms. The minimum atomic E-state index is -3.75. The van der Waals surface area contributed by atoms with Gasteiger partial charge in [0.1, 0.15) is 5.82 Å². The predicted molar refractivity (Wildman–Crippen MR) is 128 cm³/mol. The zero-order valence-corrected chi connectivity index (χ0v) is 17.8. The average Bonchev–Trinajstić information content (AvgIpc) is 3.19. The summed E-state index contributed by atoms with van der Waals surface area (Å²) in [6.07, 6.45) is 0. The maximum absolute atomic E-state index is 11.6. The standard InChI is InChI=1S/C25H20N4O2S/c26-32(30,31)22-16-10-18(11-17-22)25-28-23-8-4-5-9-24(23)29(25)21-14-12-20(13-15-21)27-19-6-2-1-3-7-19/h1-17,27H,(H2,26,30,31). The van der Waals surface area contributed by atoms with Crippen LogP contribution >= 0.6 is 0 Å². The van der Waals surface area contributed by atoms with E-state index in [9.17, 15) is 8.42 Å². The number of sulfonamides is 1. The molecule has 0 unspecified atom stereocenters. The minimum Gasteiger partial charge on any atom is -0.356 e. The van der Waals surface area contributed by atoms with Crippen LogP contribution < -0.4 is 10.5 Å². The second-order valence-electron chi connectivity index (χ2n) is 7.37. The third-order valence-electron chi connectivity index (χ3n) is 5.19. The number of para-hydroxylation sites is 3. The molecule has 5 rings (SSSR count). The van der Waals surface area contributed by atoms with Gasteiger partial charge in [0.15, 0.2) is 0 Å². The van der Waals surface area contributed by atoms with Crippen LogP contribution in [0.4, 0.5) is 11.4 Å². The summed E-state index contributed by atoms with van der Waals surface area (Å²) in [5, 5.41) is 8.63. The summed E-state index contributed by atoms with van der Waals surface area (Å²) < 4.78 is 25.3. The summed E-state index contributed by atoms with van der Waals surface area (Å²) in [5.74, 6) is 0.718. The number of primary sulfonamides is 1. The van der Waals surface area contributed by atoms with Gasteiger partial charge in [-0.3, -0.25) is 4.57 Å². The van der Waals surface area contributed by atoms with Crippen LogP contribution in [0.3, 0.4) is 0 Å². The summed E-state index contributed by atoms with van der Waals surface area (Å²) in [7, 11) is -3.75. The zero-order valence-electron chi connectivity index (χ0n) is 17.0. The first-order chi connectivity index (χ1) is 15.5. The smallest absolute Gasteiger partial charge is 0.238 e. The van der Waals surface area contributed by atoms with Crippen LogP contribution in [0.25, 0.3) is 28.1 Å². The molecule has 3 N–H and O–H groups in total.